The third-order valence-corrected chi connectivity index (χ3v) is 2.96. The molecule has 0 bridgehead atoms. The molecule has 0 aliphatic carbocycles. The van der Waals surface area contributed by atoms with Gasteiger partial charge in [0.25, 0.3) is 0 Å². The van der Waals surface area contributed by atoms with Crippen molar-refractivity contribution in [3.05, 3.63) is 21.8 Å². The number of nitrogens with zero attached hydrogens (tertiary/aromatic N) is 2. The van der Waals surface area contributed by atoms with E-state index in [9.17, 15) is 4.79 Å². The Hall–Kier alpha value is -0.810. The number of hydrogen-bond donors (Lipinski definition) is 0. The maximum atomic E-state index is 11.0. The lowest BCUT2D eigenvalue weighted by Gasteiger charge is -2.18. The van der Waals surface area contributed by atoms with Crippen molar-refractivity contribution in [3.8, 4) is 0 Å². The number of anilines is 1. The van der Waals surface area contributed by atoms with Crippen LogP contribution in [0.1, 0.15) is 12.8 Å². The number of hydrogen-bond acceptors (Lipinski definition) is 4. The number of ether oxygens (including phenoxy) is 1. The average molecular weight is 322 g/mol. The Kier molecular flexibility index (Phi) is 5.71. The summed E-state index contributed by atoms with van der Waals surface area (Å²) in [5.74, 6) is 0.507. The van der Waals surface area contributed by atoms with Gasteiger partial charge in [-0.05, 0) is 28.4 Å². The summed E-state index contributed by atoms with van der Waals surface area (Å²) in [5, 5.41) is 0.583. The topological polar surface area (TPSA) is 42.4 Å². The maximum Gasteiger partial charge on any atom is 0.305 e. The normalized spacial score (nSPS) is 10.1. The van der Waals surface area contributed by atoms with Gasteiger partial charge in [-0.15, -0.1) is 0 Å². The van der Waals surface area contributed by atoms with E-state index in [1.165, 1.54) is 7.11 Å². The quantitative estimate of drug-likeness (QED) is 0.782. The monoisotopic (exact) mass is 320 g/mol. The molecule has 17 heavy (non-hydrogen) atoms. The van der Waals surface area contributed by atoms with Crippen LogP contribution in [0.25, 0.3) is 0 Å². The maximum absolute atomic E-state index is 11.0. The van der Waals surface area contributed by atoms with E-state index in [1.807, 2.05) is 11.9 Å². The van der Waals surface area contributed by atoms with Crippen LogP contribution in [-0.4, -0.2) is 31.7 Å². The number of carbonyl (C=O) groups is 1. The Balaban J connectivity index is 2.52. The van der Waals surface area contributed by atoms with E-state index >= 15 is 0 Å². The van der Waals surface area contributed by atoms with Crippen LogP contribution in [0.4, 0.5) is 5.82 Å². The molecule has 0 saturated carbocycles. The lowest BCUT2D eigenvalue weighted by molar-refractivity contribution is -0.140. The molecule has 0 aliphatic heterocycles. The van der Waals surface area contributed by atoms with Gasteiger partial charge >= 0.3 is 5.97 Å². The smallest absolute Gasteiger partial charge is 0.305 e. The minimum atomic E-state index is -0.201. The second-order valence-corrected chi connectivity index (χ2v) is 4.88. The lowest BCUT2D eigenvalue weighted by Crippen LogP contribution is -2.21. The summed E-state index contributed by atoms with van der Waals surface area (Å²) >= 11 is 9.37. The van der Waals surface area contributed by atoms with E-state index in [-0.39, 0.29) is 5.97 Å². The number of aromatic nitrogens is 1. The molecule has 0 atom stereocenters. The first-order chi connectivity index (χ1) is 8.04. The highest BCUT2D eigenvalue weighted by molar-refractivity contribution is 9.10. The van der Waals surface area contributed by atoms with Crippen molar-refractivity contribution in [1.82, 2.24) is 4.98 Å². The molecule has 4 nitrogen and oxygen atoms in total. The van der Waals surface area contributed by atoms with E-state index < -0.39 is 0 Å². The number of carbonyl (C=O) groups excluding carboxylic acids is 1. The fourth-order valence-electron chi connectivity index (χ4n) is 1.36. The van der Waals surface area contributed by atoms with Crippen molar-refractivity contribution in [2.24, 2.45) is 0 Å². The lowest BCUT2D eigenvalue weighted by atomic mass is 10.3. The molecule has 0 saturated heterocycles. The van der Waals surface area contributed by atoms with Gasteiger partial charge in [0.15, 0.2) is 0 Å². The van der Waals surface area contributed by atoms with Gasteiger partial charge in [0.05, 0.1) is 12.1 Å². The second kappa shape index (κ2) is 6.81. The second-order valence-electron chi connectivity index (χ2n) is 3.56. The molecule has 1 heterocycles. The first-order valence-electron chi connectivity index (χ1n) is 5.13. The molecule has 0 unspecified atom stereocenters. The fourth-order valence-corrected chi connectivity index (χ4v) is 2.13. The van der Waals surface area contributed by atoms with Crippen LogP contribution in [0.3, 0.4) is 0 Å². The minimum Gasteiger partial charge on any atom is -0.469 e. The van der Waals surface area contributed by atoms with Gasteiger partial charge in [0, 0.05) is 30.7 Å². The molecule has 6 heteroatoms. The molecule has 1 rings (SSSR count). The standard InChI is InChI=1S/C11H14BrClN2O2/c1-15(5-3-4-10(16)17-2)11-9(13)6-8(12)7-14-11/h6-7H,3-5H2,1-2H3. The number of methoxy groups -OCH3 is 1. The SMILES string of the molecule is COC(=O)CCCN(C)c1ncc(Br)cc1Cl. The molecule has 0 fully saturated rings. The highest BCUT2D eigenvalue weighted by atomic mass is 79.9. The van der Waals surface area contributed by atoms with E-state index in [1.54, 1.807) is 12.3 Å². The average Bonchev–Trinajstić information content (AvgIpc) is 2.28. The molecule has 1 aromatic rings. The van der Waals surface area contributed by atoms with Crippen LogP contribution >= 0.6 is 27.5 Å². The number of rotatable bonds is 5. The Labute approximate surface area is 114 Å². The van der Waals surface area contributed by atoms with E-state index in [4.69, 9.17) is 11.6 Å². The number of halogens is 2. The highest BCUT2D eigenvalue weighted by Crippen LogP contribution is 2.25. The van der Waals surface area contributed by atoms with Crippen LogP contribution in [0.2, 0.25) is 5.02 Å². The molecule has 0 N–H and O–H groups in total. The van der Waals surface area contributed by atoms with E-state index in [0.29, 0.717) is 30.2 Å². The first kappa shape index (κ1) is 14.3. The molecule has 0 amide bonds. The highest BCUT2D eigenvalue weighted by Gasteiger charge is 2.09. The summed E-state index contributed by atoms with van der Waals surface area (Å²) in [6, 6.07) is 1.79. The molecule has 0 aromatic carbocycles. The van der Waals surface area contributed by atoms with Gasteiger partial charge in [-0.2, -0.15) is 0 Å². The van der Waals surface area contributed by atoms with Gasteiger partial charge < -0.3 is 9.64 Å². The zero-order valence-electron chi connectivity index (χ0n) is 9.74. The van der Waals surface area contributed by atoms with Crippen LogP contribution in [0.5, 0.6) is 0 Å². The van der Waals surface area contributed by atoms with E-state index in [0.717, 1.165) is 4.47 Å². The summed E-state index contributed by atoms with van der Waals surface area (Å²) in [6.07, 6.45) is 2.80. The number of pyridine rings is 1. The summed E-state index contributed by atoms with van der Waals surface area (Å²) in [4.78, 5) is 17.1. The van der Waals surface area contributed by atoms with Crippen molar-refractivity contribution in [1.29, 1.82) is 0 Å². The summed E-state index contributed by atoms with van der Waals surface area (Å²) < 4.78 is 5.41. The van der Waals surface area contributed by atoms with Crippen LogP contribution in [0.15, 0.2) is 16.7 Å². The zero-order valence-corrected chi connectivity index (χ0v) is 12.1. The third-order valence-electron chi connectivity index (χ3n) is 2.25. The van der Waals surface area contributed by atoms with Crippen molar-refractivity contribution < 1.29 is 9.53 Å². The van der Waals surface area contributed by atoms with Crippen molar-refractivity contribution in [2.45, 2.75) is 12.8 Å². The van der Waals surface area contributed by atoms with Crippen molar-refractivity contribution >= 4 is 39.3 Å². The van der Waals surface area contributed by atoms with Gasteiger partial charge in [0.2, 0.25) is 0 Å². The summed E-state index contributed by atoms with van der Waals surface area (Å²) in [7, 11) is 3.28. The predicted molar refractivity (Wildman–Crippen MR) is 71.5 cm³/mol. The molecular weight excluding hydrogens is 307 g/mol. The molecule has 0 radical (unpaired) electrons. The molecule has 1 aromatic heterocycles. The number of esters is 1. The zero-order chi connectivity index (χ0) is 12.8. The van der Waals surface area contributed by atoms with Gasteiger partial charge in [0.1, 0.15) is 5.82 Å². The fraction of sp³-hybridized carbons (Fsp3) is 0.455. The van der Waals surface area contributed by atoms with Gasteiger partial charge in [-0.1, -0.05) is 11.6 Å². The largest absolute Gasteiger partial charge is 0.469 e. The molecule has 0 aliphatic rings. The predicted octanol–water partition coefficient (Wildman–Crippen LogP) is 2.89. The van der Waals surface area contributed by atoms with Crippen LogP contribution < -0.4 is 4.90 Å². The van der Waals surface area contributed by atoms with Crippen LogP contribution in [-0.2, 0) is 9.53 Å². The summed E-state index contributed by atoms with van der Waals surface area (Å²) in [5.41, 5.74) is 0. The molecule has 94 valence electrons. The summed E-state index contributed by atoms with van der Waals surface area (Å²) in [6.45, 7) is 0.698. The first-order valence-corrected chi connectivity index (χ1v) is 6.30. The van der Waals surface area contributed by atoms with Crippen LogP contribution in [0, 0.1) is 0 Å². The third kappa shape index (κ3) is 4.52. The Morgan fingerprint density at radius 1 is 1.65 bits per heavy atom. The Morgan fingerprint density at radius 2 is 2.35 bits per heavy atom. The van der Waals surface area contributed by atoms with Crippen molar-refractivity contribution in [2.75, 3.05) is 25.6 Å². The Bertz CT molecular complexity index is 401. The molecule has 0 spiro atoms. The van der Waals surface area contributed by atoms with Gasteiger partial charge in [-0.3, -0.25) is 4.79 Å². The van der Waals surface area contributed by atoms with Gasteiger partial charge in [-0.25, -0.2) is 4.98 Å². The van der Waals surface area contributed by atoms with Crippen molar-refractivity contribution in [3.63, 3.8) is 0 Å². The van der Waals surface area contributed by atoms with E-state index in [2.05, 4.69) is 25.7 Å². The Morgan fingerprint density at radius 3 is 2.94 bits per heavy atom. The minimum absolute atomic E-state index is 0.201. The molecular formula is C11H14BrClN2O2.